The summed E-state index contributed by atoms with van der Waals surface area (Å²) in [7, 11) is 0. The van der Waals surface area contributed by atoms with E-state index < -0.39 is 17.5 Å². The van der Waals surface area contributed by atoms with Crippen LogP contribution in [0.5, 0.6) is 11.5 Å². The second-order valence-corrected chi connectivity index (χ2v) is 4.74. The van der Waals surface area contributed by atoms with Crippen molar-refractivity contribution in [3.05, 3.63) is 47.8 Å². The normalized spacial score (nSPS) is 10.3. The van der Waals surface area contributed by atoms with E-state index in [2.05, 4.69) is 0 Å². The average Bonchev–Trinajstić information content (AvgIpc) is 2.43. The maximum absolute atomic E-state index is 13.4. The summed E-state index contributed by atoms with van der Waals surface area (Å²) in [6, 6.07) is 9.49. The van der Waals surface area contributed by atoms with Gasteiger partial charge in [-0.3, -0.25) is 0 Å². The molecule has 0 aliphatic carbocycles. The molecule has 0 spiro atoms. The van der Waals surface area contributed by atoms with Gasteiger partial charge in [0, 0.05) is 4.90 Å². The lowest BCUT2D eigenvalue weighted by Gasteiger charge is -2.13. The van der Waals surface area contributed by atoms with Gasteiger partial charge in [-0.15, -0.1) is 11.8 Å². The minimum Gasteiger partial charge on any atom is -0.477 e. The zero-order valence-electron chi connectivity index (χ0n) is 10.6. The summed E-state index contributed by atoms with van der Waals surface area (Å²) in [4.78, 5) is 12.0. The topological polar surface area (TPSA) is 72.5 Å². The van der Waals surface area contributed by atoms with Gasteiger partial charge < -0.3 is 15.6 Å². The molecule has 6 heteroatoms. The first kappa shape index (κ1) is 14.2. The number of hydrogen-bond donors (Lipinski definition) is 2. The number of halogens is 1. The summed E-state index contributed by atoms with van der Waals surface area (Å²) in [5.41, 5.74) is 4.66. The number of aromatic carboxylic acids is 1. The highest BCUT2D eigenvalue weighted by Crippen LogP contribution is 2.35. The van der Waals surface area contributed by atoms with Gasteiger partial charge in [0.2, 0.25) is 0 Å². The number of carboxylic acids is 1. The Labute approximate surface area is 119 Å². The fourth-order valence-corrected chi connectivity index (χ4v) is 2.23. The molecule has 0 amide bonds. The molecule has 0 aromatic heterocycles. The van der Waals surface area contributed by atoms with Crippen molar-refractivity contribution in [2.24, 2.45) is 0 Å². The van der Waals surface area contributed by atoms with Gasteiger partial charge in [-0.25, -0.2) is 9.18 Å². The van der Waals surface area contributed by atoms with Gasteiger partial charge in [-0.05, 0) is 30.5 Å². The maximum atomic E-state index is 13.4. The molecule has 0 saturated carbocycles. The minimum absolute atomic E-state index is 0.0119. The van der Waals surface area contributed by atoms with Crippen LogP contribution in [0.3, 0.4) is 0 Å². The quantitative estimate of drug-likeness (QED) is 0.665. The lowest BCUT2D eigenvalue weighted by atomic mass is 10.1. The van der Waals surface area contributed by atoms with Crippen molar-refractivity contribution in [1.29, 1.82) is 0 Å². The van der Waals surface area contributed by atoms with Crippen LogP contribution in [0.25, 0.3) is 0 Å². The van der Waals surface area contributed by atoms with E-state index in [4.69, 9.17) is 15.6 Å². The van der Waals surface area contributed by atoms with Gasteiger partial charge in [0.15, 0.2) is 0 Å². The highest BCUT2D eigenvalue weighted by molar-refractivity contribution is 7.98. The number of nitrogen functional groups attached to an aromatic ring is 1. The summed E-state index contributed by atoms with van der Waals surface area (Å²) in [6.07, 6.45) is 1.87. The molecular formula is C14H12FNO3S. The third-order valence-electron chi connectivity index (χ3n) is 2.66. The zero-order valence-corrected chi connectivity index (χ0v) is 11.4. The monoisotopic (exact) mass is 293 g/mol. The molecule has 0 bridgehead atoms. The molecule has 0 fully saturated rings. The summed E-state index contributed by atoms with van der Waals surface area (Å²) in [5, 5.41) is 9.14. The minimum atomic E-state index is -1.33. The first-order chi connectivity index (χ1) is 9.54. The van der Waals surface area contributed by atoms with Gasteiger partial charge in [-0.1, -0.05) is 12.1 Å². The number of rotatable bonds is 4. The molecule has 0 saturated heterocycles. The summed E-state index contributed by atoms with van der Waals surface area (Å²) in [5.74, 6) is -1.61. The van der Waals surface area contributed by atoms with Crippen LogP contribution in [-0.4, -0.2) is 17.3 Å². The van der Waals surface area contributed by atoms with Crippen LogP contribution < -0.4 is 10.5 Å². The van der Waals surface area contributed by atoms with Gasteiger partial charge >= 0.3 is 5.97 Å². The summed E-state index contributed by atoms with van der Waals surface area (Å²) in [6.45, 7) is 0. The first-order valence-electron chi connectivity index (χ1n) is 5.66. The van der Waals surface area contributed by atoms with Gasteiger partial charge in [-0.2, -0.15) is 0 Å². The van der Waals surface area contributed by atoms with Crippen LogP contribution in [0.1, 0.15) is 10.4 Å². The largest absolute Gasteiger partial charge is 0.477 e. The van der Waals surface area contributed by atoms with E-state index in [1.807, 2.05) is 18.4 Å². The van der Waals surface area contributed by atoms with Gasteiger partial charge in [0.25, 0.3) is 0 Å². The third kappa shape index (κ3) is 2.70. The van der Waals surface area contributed by atoms with Crippen molar-refractivity contribution in [3.8, 4) is 11.5 Å². The second kappa shape index (κ2) is 5.83. The van der Waals surface area contributed by atoms with E-state index in [0.717, 1.165) is 11.0 Å². The highest BCUT2D eigenvalue weighted by Gasteiger charge is 2.19. The standard InChI is InChI=1S/C14H12FNO3S/c1-20-11-5-3-2-4-9(11)19-10-7-6-8(15)13(16)12(10)14(17)18/h2-7H,16H2,1H3,(H,17,18). The molecule has 104 valence electrons. The maximum Gasteiger partial charge on any atom is 0.341 e. The fraction of sp³-hybridized carbons (Fsp3) is 0.0714. The number of ether oxygens (including phenoxy) is 1. The number of hydrogen-bond acceptors (Lipinski definition) is 4. The van der Waals surface area contributed by atoms with Crippen molar-refractivity contribution in [2.45, 2.75) is 4.90 Å². The molecule has 20 heavy (non-hydrogen) atoms. The molecule has 4 nitrogen and oxygen atoms in total. The van der Waals surface area contributed by atoms with Crippen LogP contribution >= 0.6 is 11.8 Å². The van der Waals surface area contributed by atoms with Gasteiger partial charge in [0.1, 0.15) is 22.9 Å². The molecule has 3 N–H and O–H groups in total. The Morgan fingerprint density at radius 1 is 1.25 bits per heavy atom. The van der Waals surface area contributed by atoms with Crippen molar-refractivity contribution in [1.82, 2.24) is 0 Å². The summed E-state index contributed by atoms with van der Waals surface area (Å²) < 4.78 is 18.9. The van der Waals surface area contributed by atoms with E-state index >= 15 is 0 Å². The Morgan fingerprint density at radius 2 is 1.95 bits per heavy atom. The van der Waals surface area contributed by atoms with Crippen LogP contribution in [0.2, 0.25) is 0 Å². The molecule has 0 aliphatic heterocycles. The SMILES string of the molecule is CSc1ccccc1Oc1ccc(F)c(N)c1C(=O)O. The fourth-order valence-electron chi connectivity index (χ4n) is 1.70. The number of carbonyl (C=O) groups is 1. The van der Waals surface area contributed by atoms with Crippen LogP contribution in [-0.2, 0) is 0 Å². The van der Waals surface area contributed by atoms with E-state index in [1.54, 1.807) is 12.1 Å². The predicted octanol–water partition coefficient (Wildman–Crippen LogP) is 3.62. The lowest BCUT2D eigenvalue weighted by Crippen LogP contribution is -2.07. The van der Waals surface area contributed by atoms with E-state index in [0.29, 0.717) is 5.75 Å². The number of nitrogens with two attached hydrogens (primary N) is 1. The summed E-state index contributed by atoms with van der Waals surface area (Å²) >= 11 is 1.46. The number of anilines is 1. The molecule has 2 aromatic carbocycles. The molecule has 0 heterocycles. The van der Waals surface area contributed by atoms with Gasteiger partial charge in [0.05, 0.1) is 5.69 Å². The van der Waals surface area contributed by atoms with Crippen molar-refractivity contribution >= 4 is 23.4 Å². The molecule has 0 unspecified atom stereocenters. The van der Waals surface area contributed by atoms with E-state index in [-0.39, 0.29) is 11.3 Å². The third-order valence-corrected chi connectivity index (χ3v) is 3.43. The molecular weight excluding hydrogens is 281 g/mol. The van der Waals surface area contributed by atoms with Crippen molar-refractivity contribution in [3.63, 3.8) is 0 Å². The Hall–Kier alpha value is -2.21. The number of carboxylic acid groups (broad SMARTS) is 1. The Kier molecular flexibility index (Phi) is 4.14. The van der Waals surface area contributed by atoms with Crippen LogP contribution in [0.4, 0.5) is 10.1 Å². The Morgan fingerprint density at radius 3 is 2.60 bits per heavy atom. The number of benzene rings is 2. The Balaban J connectivity index is 2.49. The van der Waals surface area contributed by atoms with Crippen LogP contribution in [0, 0.1) is 5.82 Å². The highest BCUT2D eigenvalue weighted by atomic mass is 32.2. The second-order valence-electron chi connectivity index (χ2n) is 3.89. The Bertz CT molecular complexity index is 661. The number of thioether (sulfide) groups is 1. The molecule has 0 radical (unpaired) electrons. The van der Waals surface area contributed by atoms with Crippen molar-refractivity contribution in [2.75, 3.05) is 12.0 Å². The van der Waals surface area contributed by atoms with E-state index in [9.17, 15) is 9.18 Å². The molecule has 0 atom stereocenters. The smallest absolute Gasteiger partial charge is 0.341 e. The van der Waals surface area contributed by atoms with E-state index in [1.165, 1.54) is 17.8 Å². The average molecular weight is 293 g/mol. The predicted molar refractivity (Wildman–Crippen MR) is 76.1 cm³/mol. The zero-order chi connectivity index (χ0) is 14.7. The first-order valence-corrected chi connectivity index (χ1v) is 6.89. The number of para-hydroxylation sites is 1. The molecule has 2 rings (SSSR count). The van der Waals surface area contributed by atoms with Crippen molar-refractivity contribution < 1.29 is 19.0 Å². The lowest BCUT2D eigenvalue weighted by molar-refractivity contribution is 0.0695. The molecule has 2 aromatic rings. The molecule has 0 aliphatic rings. The van der Waals surface area contributed by atoms with Crippen LogP contribution in [0.15, 0.2) is 41.3 Å².